The van der Waals surface area contributed by atoms with Crippen LogP contribution in [0.4, 0.5) is 4.79 Å². The molecule has 6 nitrogen and oxygen atoms in total. The monoisotopic (exact) mass is 427 g/mol. The summed E-state index contributed by atoms with van der Waals surface area (Å²) in [6, 6.07) is 9.88. The largest absolute Gasteiger partial charge is 0.465 e. The van der Waals surface area contributed by atoms with E-state index < -0.39 is 18.3 Å². The van der Waals surface area contributed by atoms with Crippen molar-refractivity contribution in [1.82, 2.24) is 4.90 Å². The number of benzene rings is 1. The van der Waals surface area contributed by atoms with Gasteiger partial charge in [-0.15, -0.1) is 0 Å². The summed E-state index contributed by atoms with van der Waals surface area (Å²) in [5, 5.41) is 0. The Morgan fingerprint density at radius 3 is 2.19 bits per heavy atom. The van der Waals surface area contributed by atoms with Crippen molar-refractivity contribution in [3.8, 4) is 0 Å². The number of ketones is 1. The molecule has 3 aliphatic rings. The molecule has 1 aromatic rings. The van der Waals surface area contributed by atoms with Gasteiger partial charge < -0.3 is 18.9 Å². The lowest BCUT2D eigenvalue weighted by molar-refractivity contribution is -0.124. The molecule has 0 aromatic heterocycles. The molecule has 1 amide bonds. The fraction of sp³-hybridized carbons (Fsp3) is 0.667. The minimum Gasteiger partial charge on any atom is -0.445 e. The highest BCUT2D eigenvalue weighted by Gasteiger charge is 2.52. The summed E-state index contributed by atoms with van der Waals surface area (Å²) in [5.41, 5.74) is 0.120. The van der Waals surface area contributed by atoms with Gasteiger partial charge >= 0.3 is 13.2 Å². The molecule has 3 aliphatic heterocycles. The van der Waals surface area contributed by atoms with Gasteiger partial charge in [-0.05, 0) is 65.4 Å². The van der Waals surface area contributed by atoms with E-state index in [1.54, 1.807) is 0 Å². The van der Waals surface area contributed by atoms with Gasteiger partial charge in [0.1, 0.15) is 12.4 Å². The highest BCUT2D eigenvalue weighted by molar-refractivity contribution is 6.50. The summed E-state index contributed by atoms with van der Waals surface area (Å²) < 4.78 is 17.7. The number of piperidine rings is 2. The number of hydrogen-bond donors (Lipinski definition) is 0. The van der Waals surface area contributed by atoms with E-state index in [0.29, 0.717) is 12.8 Å². The Kier molecular flexibility index (Phi) is 6.19. The first-order chi connectivity index (χ1) is 14.7. The maximum absolute atomic E-state index is 13.1. The molecule has 31 heavy (non-hydrogen) atoms. The molecule has 3 fully saturated rings. The fourth-order valence-electron chi connectivity index (χ4n) is 5.12. The van der Waals surface area contributed by atoms with Crippen molar-refractivity contribution < 1.29 is 23.6 Å². The minimum absolute atomic E-state index is 0.0486. The van der Waals surface area contributed by atoms with Gasteiger partial charge in [0.05, 0.1) is 11.2 Å². The molecule has 2 bridgehead atoms. The molecular weight excluding hydrogens is 393 g/mol. The minimum atomic E-state index is -0.494. The Morgan fingerprint density at radius 2 is 1.61 bits per heavy atom. The van der Waals surface area contributed by atoms with Crippen LogP contribution in [-0.4, -0.2) is 47.2 Å². The van der Waals surface area contributed by atoms with Crippen LogP contribution in [-0.2, 0) is 25.4 Å². The van der Waals surface area contributed by atoms with Gasteiger partial charge in [-0.25, -0.2) is 4.79 Å². The zero-order valence-electron chi connectivity index (χ0n) is 19.1. The second-order valence-electron chi connectivity index (χ2n) is 10.2. The Hall–Kier alpha value is -1.86. The number of carbonyl (C=O) groups excluding carboxylic acids is 2. The van der Waals surface area contributed by atoms with Crippen LogP contribution in [0.5, 0.6) is 0 Å². The summed E-state index contributed by atoms with van der Waals surface area (Å²) in [5.74, 6) is 0.139. The van der Waals surface area contributed by atoms with Crippen LogP contribution in [0, 0.1) is 5.92 Å². The number of fused-ring (bicyclic) bond motifs is 2. The molecule has 0 aliphatic carbocycles. The fourth-order valence-corrected chi connectivity index (χ4v) is 5.12. The molecule has 2 atom stereocenters. The molecule has 0 radical (unpaired) electrons. The molecule has 0 saturated carbocycles. The second kappa shape index (κ2) is 8.59. The van der Waals surface area contributed by atoms with E-state index in [0.717, 1.165) is 24.8 Å². The molecule has 2 unspecified atom stereocenters. The van der Waals surface area contributed by atoms with Crippen molar-refractivity contribution in [3.63, 3.8) is 0 Å². The third-order valence-electron chi connectivity index (χ3n) is 7.52. The van der Waals surface area contributed by atoms with Crippen LogP contribution >= 0.6 is 0 Å². The van der Waals surface area contributed by atoms with Crippen molar-refractivity contribution >= 4 is 19.0 Å². The van der Waals surface area contributed by atoms with Gasteiger partial charge in [-0.2, -0.15) is 0 Å². The van der Waals surface area contributed by atoms with Gasteiger partial charge in [0.2, 0.25) is 0 Å². The summed E-state index contributed by atoms with van der Waals surface area (Å²) >= 11 is 0. The first kappa shape index (κ1) is 22.3. The predicted molar refractivity (Wildman–Crippen MR) is 119 cm³/mol. The lowest BCUT2D eigenvalue weighted by Crippen LogP contribution is -2.55. The summed E-state index contributed by atoms with van der Waals surface area (Å²) in [7, 11) is -0.494. The average molecular weight is 427 g/mol. The highest BCUT2D eigenvalue weighted by Crippen LogP contribution is 2.41. The molecule has 0 spiro atoms. The number of nitrogens with zero attached hydrogens (tertiary/aromatic N) is 1. The number of Topliss-reactive ketones (excluding diaryl/α,β-unsaturated/α-hetero) is 1. The van der Waals surface area contributed by atoms with Crippen LogP contribution in [0.15, 0.2) is 30.3 Å². The van der Waals surface area contributed by atoms with Crippen molar-refractivity contribution in [1.29, 1.82) is 0 Å². The number of amides is 1. The number of carbonyl (C=O) groups is 2. The first-order valence-electron chi connectivity index (χ1n) is 11.5. The van der Waals surface area contributed by atoms with Gasteiger partial charge in [0.25, 0.3) is 0 Å². The maximum atomic E-state index is 13.1. The maximum Gasteiger partial charge on any atom is 0.465 e. The molecule has 4 rings (SSSR count). The van der Waals surface area contributed by atoms with E-state index in [-0.39, 0.29) is 42.8 Å². The zero-order chi connectivity index (χ0) is 22.2. The quantitative estimate of drug-likeness (QED) is 0.642. The first-order valence-corrected chi connectivity index (χ1v) is 11.5. The summed E-state index contributed by atoms with van der Waals surface area (Å²) in [6.45, 7) is 8.28. The highest BCUT2D eigenvalue weighted by atomic mass is 16.7. The molecule has 0 N–H and O–H groups in total. The Morgan fingerprint density at radius 1 is 1.03 bits per heavy atom. The summed E-state index contributed by atoms with van der Waals surface area (Å²) in [4.78, 5) is 27.9. The molecule has 3 saturated heterocycles. The standard InChI is InChI=1S/C24H34BNO5/c1-23(2)24(3,4)31-25(30-23)15-21(27)18-13-19-11-8-12-20(14-18)26(19)22(28)29-16-17-9-6-5-7-10-17/h5-7,9-10,18-20H,8,11-16H2,1-4H3. The Balaban J connectivity index is 1.34. The van der Waals surface area contributed by atoms with Crippen LogP contribution in [0.25, 0.3) is 0 Å². The van der Waals surface area contributed by atoms with Gasteiger partial charge in [-0.3, -0.25) is 4.79 Å². The molecule has 1 aromatic carbocycles. The van der Waals surface area contributed by atoms with Crippen molar-refractivity contribution in [2.24, 2.45) is 5.92 Å². The molecule has 3 heterocycles. The van der Waals surface area contributed by atoms with Gasteiger partial charge in [-0.1, -0.05) is 30.3 Å². The Labute approximate surface area is 185 Å². The van der Waals surface area contributed by atoms with Crippen molar-refractivity contribution in [3.05, 3.63) is 35.9 Å². The van der Waals surface area contributed by atoms with Crippen LogP contribution < -0.4 is 0 Å². The van der Waals surface area contributed by atoms with E-state index in [1.165, 1.54) is 0 Å². The topological polar surface area (TPSA) is 65.1 Å². The van der Waals surface area contributed by atoms with Crippen molar-refractivity contribution in [2.75, 3.05) is 0 Å². The van der Waals surface area contributed by atoms with Gasteiger partial charge in [0.15, 0.2) is 0 Å². The third kappa shape index (κ3) is 4.68. The van der Waals surface area contributed by atoms with E-state index >= 15 is 0 Å². The number of ether oxygens (including phenoxy) is 1. The molecule has 168 valence electrons. The van der Waals surface area contributed by atoms with E-state index in [1.807, 2.05) is 62.9 Å². The Bertz CT molecular complexity index is 781. The number of hydrogen-bond acceptors (Lipinski definition) is 5. The summed E-state index contributed by atoms with van der Waals surface area (Å²) in [6.07, 6.45) is 4.38. The van der Waals surface area contributed by atoms with E-state index in [9.17, 15) is 9.59 Å². The van der Waals surface area contributed by atoms with Crippen LogP contribution in [0.1, 0.15) is 65.4 Å². The third-order valence-corrected chi connectivity index (χ3v) is 7.52. The normalized spacial score (nSPS) is 29.0. The SMILES string of the molecule is CC1(C)OB(CC(=O)C2CC3CCCC(C2)N3C(=O)OCc2ccccc2)OC1(C)C. The van der Waals surface area contributed by atoms with Crippen molar-refractivity contribution in [2.45, 2.75) is 96.0 Å². The zero-order valence-corrected chi connectivity index (χ0v) is 19.1. The average Bonchev–Trinajstić information content (AvgIpc) is 2.91. The van der Waals surface area contributed by atoms with Gasteiger partial charge in [0, 0.05) is 24.3 Å². The lowest BCUT2D eigenvalue weighted by atomic mass is 9.71. The number of rotatable bonds is 5. The second-order valence-corrected chi connectivity index (χ2v) is 10.2. The van der Waals surface area contributed by atoms with E-state index in [4.69, 9.17) is 14.0 Å². The molecular formula is C24H34BNO5. The molecule has 7 heteroatoms. The lowest BCUT2D eigenvalue weighted by Gasteiger charge is -2.47. The smallest absolute Gasteiger partial charge is 0.445 e. The van der Waals surface area contributed by atoms with E-state index in [2.05, 4.69) is 0 Å². The van der Waals surface area contributed by atoms with Crippen LogP contribution in [0.3, 0.4) is 0 Å². The predicted octanol–water partition coefficient (Wildman–Crippen LogP) is 4.62. The van der Waals surface area contributed by atoms with Crippen LogP contribution in [0.2, 0.25) is 6.32 Å².